The van der Waals surface area contributed by atoms with Crippen molar-refractivity contribution in [2.75, 3.05) is 0 Å². The molecule has 12 rings (SSSR count). The molecule has 0 spiro atoms. The molecular weight excluding hydrogens is 721 g/mol. The second kappa shape index (κ2) is 13.5. The molecule has 11 aromatic rings. The van der Waals surface area contributed by atoms with E-state index in [1.54, 1.807) is 0 Å². The van der Waals surface area contributed by atoms with Crippen LogP contribution in [0.25, 0.3) is 98.7 Å². The first kappa shape index (κ1) is 34.5. The highest BCUT2D eigenvalue weighted by molar-refractivity contribution is 6.28. The fraction of sp³-hybridized carbons (Fsp3) is 0.0333. The van der Waals surface area contributed by atoms with E-state index in [0.717, 1.165) is 0 Å². The molecule has 0 bridgehead atoms. The minimum atomic E-state index is -0.321. The lowest BCUT2D eigenvalue weighted by Crippen LogP contribution is -2.22. The molecule has 0 aromatic heterocycles. The van der Waals surface area contributed by atoms with E-state index in [1.165, 1.54) is 115 Å². The molecule has 0 nitrogen and oxygen atoms in total. The van der Waals surface area contributed by atoms with Crippen molar-refractivity contribution in [2.24, 2.45) is 0 Å². The lowest BCUT2D eigenvalue weighted by molar-refractivity contribution is 0.715. The van der Waals surface area contributed by atoms with Gasteiger partial charge in [-0.3, -0.25) is 0 Å². The normalized spacial score (nSPS) is 14.5. The van der Waals surface area contributed by atoms with Crippen molar-refractivity contribution in [1.29, 1.82) is 0 Å². The zero-order valence-electron chi connectivity index (χ0n) is 33.4. The maximum absolute atomic E-state index is 2.49. The van der Waals surface area contributed by atoms with Gasteiger partial charge in [-0.1, -0.05) is 200 Å². The van der Waals surface area contributed by atoms with E-state index in [0.29, 0.717) is 0 Å². The van der Waals surface area contributed by atoms with Gasteiger partial charge < -0.3 is 0 Å². The van der Waals surface area contributed by atoms with Gasteiger partial charge in [-0.05, 0) is 147 Å². The molecule has 1 aliphatic carbocycles. The maximum Gasteiger partial charge on any atom is 0.0435 e. The Labute approximate surface area is 350 Å². The summed E-state index contributed by atoms with van der Waals surface area (Å²) >= 11 is 0. The third kappa shape index (κ3) is 5.17. The van der Waals surface area contributed by atoms with Crippen LogP contribution in [0.5, 0.6) is 0 Å². The summed E-state index contributed by atoms with van der Waals surface area (Å²) in [4.78, 5) is 0. The molecule has 0 aliphatic heterocycles. The van der Waals surface area contributed by atoms with E-state index in [2.05, 4.69) is 231 Å². The third-order valence-corrected chi connectivity index (χ3v) is 13.3. The van der Waals surface area contributed by atoms with Gasteiger partial charge >= 0.3 is 0 Å². The number of fused-ring (bicyclic) bond motifs is 8. The van der Waals surface area contributed by atoms with Gasteiger partial charge in [-0.15, -0.1) is 0 Å². The molecule has 0 saturated heterocycles. The average Bonchev–Trinajstić information content (AvgIpc) is 3.57. The molecule has 0 amide bonds. The van der Waals surface area contributed by atoms with Gasteiger partial charge in [0.1, 0.15) is 0 Å². The van der Waals surface area contributed by atoms with E-state index >= 15 is 0 Å². The molecule has 1 aliphatic rings. The first-order chi connectivity index (χ1) is 29.6. The van der Waals surface area contributed by atoms with Gasteiger partial charge in [0.25, 0.3) is 0 Å². The summed E-state index contributed by atoms with van der Waals surface area (Å²) in [6, 6.07) is 83.5. The Bertz CT molecular complexity index is 3470. The van der Waals surface area contributed by atoms with Crippen LogP contribution in [0.2, 0.25) is 0 Å². The first-order valence-corrected chi connectivity index (χ1v) is 21.0. The Morgan fingerprint density at radius 3 is 1.57 bits per heavy atom. The van der Waals surface area contributed by atoms with Crippen molar-refractivity contribution in [2.45, 2.75) is 12.3 Å². The SMILES string of the molecule is CC1(c2ccccc2)c2cc(-c3ccc(-c4c5ccccc5c(-c5ccccc5)c5ccc6ccccc6c45)cc3-c3ccccc3)ccc2-c2cc3ccccc3cc21. The quantitative estimate of drug-likeness (QED) is 0.121. The lowest BCUT2D eigenvalue weighted by Gasteiger charge is -2.29. The minimum Gasteiger partial charge on any atom is -0.0622 e. The second-order valence-electron chi connectivity index (χ2n) is 16.5. The van der Waals surface area contributed by atoms with Crippen molar-refractivity contribution >= 4 is 43.1 Å². The van der Waals surface area contributed by atoms with Crippen LogP contribution in [0, 0.1) is 0 Å². The largest absolute Gasteiger partial charge is 0.0622 e. The molecule has 1 atom stereocenters. The van der Waals surface area contributed by atoms with Crippen molar-refractivity contribution < 1.29 is 0 Å². The highest BCUT2D eigenvalue weighted by atomic mass is 14.4. The Balaban J connectivity index is 1.13. The number of hydrogen-bond donors (Lipinski definition) is 0. The fourth-order valence-electron chi connectivity index (χ4n) is 10.4. The molecule has 0 N–H and O–H groups in total. The molecular formula is C60H40. The smallest absolute Gasteiger partial charge is 0.0435 e. The van der Waals surface area contributed by atoms with Crippen LogP contribution in [-0.4, -0.2) is 0 Å². The highest BCUT2D eigenvalue weighted by Gasteiger charge is 2.41. The van der Waals surface area contributed by atoms with Gasteiger partial charge in [0.15, 0.2) is 0 Å². The van der Waals surface area contributed by atoms with Gasteiger partial charge in [0.2, 0.25) is 0 Å². The third-order valence-electron chi connectivity index (χ3n) is 13.3. The summed E-state index contributed by atoms with van der Waals surface area (Å²) in [7, 11) is 0. The van der Waals surface area contributed by atoms with Crippen LogP contribution in [0.4, 0.5) is 0 Å². The van der Waals surface area contributed by atoms with Gasteiger partial charge in [0.05, 0.1) is 0 Å². The van der Waals surface area contributed by atoms with E-state index in [9.17, 15) is 0 Å². The molecule has 0 saturated carbocycles. The van der Waals surface area contributed by atoms with Gasteiger partial charge in [0, 0.05) is 5.41 Å². The Morgan fingerprint density at radius 1 is 0.283 bits per heavy atom. The minimum absolute atomic E-state index is 0.321. The fourth-order valence-corrected chi connectivity index (χ4v) is 10.4. The lowest BCUT2D eigenvalue weighted by atomic mass is 9.73. The summed E-state index contributed by atoms with van der Waals surface area (Å²) in [5.74, 6) is 0. The summed E-state index contributed by atoms with van der Waals surface area (Å²) in [5.41, 5.74) is 16.2. The Kier molecular flexibility index (Phi) is 7.77. The van der Waals surface area contributed by atoms with E-state index in [1.807, 2.05) is 0 Å². The van der Waals surface area contributed by atoms with Crippen LogP contribution in [0.1, 0.15) is 23.6 Å². The summed E-state index contributed by atoms with van der Waals surface area (Å²) in [6.07, 6.45) is 0. The van der Waals surface area contributed by atoms with Gasteiger partial charge in [-0.25, -0.2) is 0 Å². The molecule has 0 radical (unpaired) electrons. The maximum atomic E-state index is 2.49. The Morgan fingerprint density at radius 2 is 0.833 bits per heavy atom. The Hall–Kier alpha value is -7.54. The van der Waals surface area contributed by atoms with Crippen LogP contribution >= 0.6 is 0 Å². The topological polar surface area (TPSA) is 0 Å². The molecule has 60 heavy (non-hydrogen) atoms. The van der Waals surface area contributed by atoms with Crippen LogP contribution in [-0.2, 0) is 5.41 Å². The predicted molar refractivity (Wildman–Crippen MR) is 256 cm³/mol. The molecule has 0 fully saturated rings. The first-order valence-electron chi connectivity index (χ1n) is 21.0. The standard InChI is InChI=1S/C60H40/c1-60(46-24-9-4-10-25-46)55-38-44(30-33-49(55)54-35-42-22-11-12-23-43(42)37-56(54)60)47-32-31-45(36-53(47)39-17-5-2-6-18-39)58-51-28-16-15-27-50(51)57(41-20-7-3-8-21-41)52-34-29-40-19-13-14-26-48(40)59(52)58/h2-38H,1H3. The number of hydrogen-bond acceptors (Lipinski definition) is 0. The summed E-state index contributed by atoms with van der Waals surface area (Å²) in [6.45, 7) is 2.42. The monoisotopic (exact) mass is 760 g/mol. The van der Waals surface area contributed by atoms with Crippen molar-refractivity contribution in [3.63, 3.8) is 0 Å². The van der Waals surface area contributed by atoms with E-state index in [4.69, 9.17) is 0 Å². The number of rotatable bonds is 5. The summed E-state index contributed by atoms with van der Waals surface area (Å²) < 4.78 is 0. The second-order valence-corrected chi connectivity index (χ2v) is 16.5. The van der Waals surface area contributed by atoms with Crippen LogP contribution in [0.3, 0.4) is 0 Å². The molecule has 11 aromatic carbocycles. The van der Waals surface area contributed by atoms with E-state index < -0.39 is 0 Å². The van der Waals surface area contributed by atoms with Crippen LogP contribution in [0.15, 0.2) is 224 Å². The van der Waals surface area contributed by atoms with Crippen LogP contribution < -0.4 is 0 Å². The van der Waals surface area contributed by atoms with Crippen molar-refractivity contribution in [3.8, 4) is 55.6 Å². The molecule has 0 heteroatoms. The van der Waals surface area contributed by atoms with Crippen molar-refractivity contribution in [3.05, 3.63) is 241 Å². The zero-order chi connectivity index (χ0) is 39.8. The molecule has 0 heterocycles. The summed E-state index contributed by atoms with van der Waals surface area (Å²) in [5, 5.41) is 10.1. The van der Waals surface area contributed by atoms with Gasteiger partial charge in [-0.2, -0.15) is 0 Å². The predicted octanol–water partition coefficient (Wildman–Crippen LogP) is 16.3. The van der Waals surface area contributed by atoms with E-state index in [-0.39, 0.29) is 5.41 Å². The zero-order valence-corrected chi connectivity index (χ0v) is 33.4. The average molecular weight is 761 g/mol. The highest BCUT2D eigenvalue weighted by Crippen LogP contribution is 2.55. The molecule has 1 unspecified atom stereocenters. The number of benzene rings is 11. The van der Waals surface area contributed by atoms with Crippen molar-refractivity contribution in [1.82, 2.24) is 0 Å². The molecule has 280 valence electrons.